The molecule has 0 aromatic rings. The Balaban J connectivity index is 3.13. The Bertz CT molecular complexity index is 113. The molecule has 0 aromatic heterocycles. The first-order valence-electron chi connectivity index (χ1n) is 6.47. The molecule has 0 aliphatic carbocycles. The fourth-order valence-electron chi connectivity index (χ4n) is 1.69. The normalized spacial score (nSPS) is 12.0. The van der Waals surface area contributed by atoms with Crippen LogP contribution in [0.4, 0.5) is 0 Å². The lowest BCUT2D eigenvalue weighted by molar-refractivity contribution is 0.352. The van der Waals surface area contributed by atoms with Crippen molar-refractivity contribution in [3.05, 3.63) is 6.92 Å². The lowest BCUT2D eigenvalue weighted by Gasteiger charge is -2.21. The molecular formula is C14H29. The van der Waals surface area contributed by atoms with E-state index in [1.54, 1.807) is 0 Å². The second-order valence-electron chi connectivity index (χ2n) is 5.04. The van der Waals surface area contributed by atoms with Crippen LogP contribution in [0, 0.1) is 12.3 Å². The van der Waals surface area contributed by atoms with Crippen molar-refractivity contribution in [1.29, 1.82) is 0 Å². The molecule has 0 spiro atoms. The third-order valence-corrected chi connectivity index (χ3v) is 3.24. The summed E-state index contributed by atoms with van der Waals surface area (Å²) in [4.78, 5) is 0. The van der Waals surface area contributed by atoms with Crippen molar-refractivity contribution >= 4 is 0 Å². The highest BCUT2D eigenvalue weighted by molar-refractivity contribution is 4.74. The molecule has 0 nitrogen and oxygen atoms in total. The zero-order chi connectivity index (χ0) is 10.9. The van der Waals surface area contributed by atoms with Gasteiger partial charge in [-0.05, 0) is 18.8 Å². The average Bonchev–Trinajstić information content (AvgIpc) is 2.16. The molecule has 0 aromatic carbocycles. The van der Waals surface area contributed by atoms with Crippen molar-refractivity contribution in [3.8, 4) is 0 Å². The monoisotopic (exact) mass is 197 g/mol. The Kier molecular flexibility index (Phi) is 8.32. The van der Waals surface area contributed by atoms with Crippen LogP contribution in [0.5, 0.6) is 0 Å². The molecule has 85 valence electrons. The SMILES string of the molecule is [CH2]C(C)(CC)CCCCCCCCC. The van der Waals surface area contributed by atoms with Gasteiger partial charge in [-0.1, -0.05) is 72.1 Å². The molecule has 0 aliphatic heterocycles. The summed E-state index contributed by atoms with van der Waals surface area (Å²) in [5.74, 6) is 0. The van der Waals surface area contributed by atoms with E-state index in [1.165, 1.54) is 57.8 Å². The van der Waals surface area contributed by atoms with Crippen LogP contribution >= 0.6 is 0 Å². The summed E-state index contributed by atoms with van der Waals surface area (Å²) in [7, 11) is 0. The maximum atomic E-state index is 4.24. The van der Waals surface area contributed by atoms with Gasteiger partial charge in [-0.15, -0.1) is 0 Å². The minimum absolute atomic E-state index is 0.337. The molecule has 0 fully saturated rings. The van der Waals surface area contributed by atoms with E-state index >= 15 is 0 Å². The topological polar surface area (TPSA) is 0 Å². The van der Waals surface area contributed by atoms with Crippen LogP contribution in [0.15, 0.2) is 0 Å². The molecule has 0 heterocycles. The summed E-state index contributed by atoms with van der Waals surface area (Å²) >= 11 is 0. The molecule has 1 atom stereocenters. The van der Waals surface area contributed by atoms with Crippen molar-refractivity contribution in [2.45, 2.75) is 78.6 Å². The van der Waals surface area contributed by atoms with E-state index in [-0.39, 0.29) is 0 Å². The molecule has 0 saturated heterocycles. The van der Waals surface area contributed by atoms with Gasteiger partial charge < -0.3 is 0 Å². The van der Waals surface area contributed by atoms with Gasteiger partial charge in [0.2, 0.25) is 0 Å². The minimum atomic E-state index is 0.337. The number of hydrogen-bond donors (Lipinski definition) is 0. The molecular weight excluding hydrogens is 168 g/mol. The zero-order valence-electron chi connectivity index (χ0n) is 10.6. The van der Waals surface area contributed by atoms with E-state index in [1.807, 2.05) is 0 Å². The zero-order valence-corrected chi connectivity index (χ0v) is 10.6. The number of rotatable bonds is 9. The van der Waals surface area contributed by atoms with Crippen molar-refractivity contribution in [2.75, 3.05) is 0 Å². The van der Waals surface area contributed by atoms with E-state index in [9.17, 15) is 0 Å². The average molecular weight is 197 g/mol. The highest BCUT2D eigenvalue weighted by Crippen LogP contribution is 2.26. The standard InChI is InChI=1S/C14H29/c1-5-7-8-9-10-11-12-13-14(3,4)6-2/h3,5-13H2,1-2,4H3. The first-order chi connectivity index (χ1) is 6.62. The number of hydrogen-bond acceptors (Lipinski definition) is 0. The van der Waals surface area contributed by atoms with E-state index in [4.69, 9.17) is 0 Å². The van der Waals surface area contributed by atoms with Crippen LogP contribution in [0.2, 0.25) is 0 Å². The molecule has 0 rings (SSSR count). The van der Waals surface area contributed by atoms with Gasteiger partial charge in [-0.2, -0.15) is 0 Å². The Labute approximate surface area is 91.5 Å². The summed E-state index contributed by atoms with van der Waals surface area (Å²) < 4.78 is 0. The maximum Gasteiger partial charge on any atom is -0.0328 e. The van der Waals surface area contributed by atoms with Crippen LogP contribution in [0.3, 0.4) is 0 Å². The molecule has 14 heavy (non-hydrogen) atoms. The first-order valence-corrected chi connectivity index (χ1v) is 6.47. The minimum Gasteiger partial charge on any atom is -0.0654 e. The maximum absolute atomic E-state index is 4.24. The van der Waals surface area contributed by atoms with Crippen LogP contribution in [0.1, 0.15) is 78.6 Å². The van der Waals surface area contributed by atoms with E-state index in [0.717, 1.165) is 0 Å². The summed E-state index contributed by atoms with van der Waals surface area (Å²) in [6.07, 6.45) is 12.4. The van der Waals surface area contributed by atoms with Gasteiger partial charge >= 0.3 is 0 Å². The van der Waals surface area contributed by atoms with E-state index in [2.05, 4.69) is 27.7 Å². The van der Waals surface area contributed by atoms with Crippen molar-refractivity contribution in [2.24, 2.45) is 5.41 Å². The van der Waals surface area contributed by atoms with E-state index in [0.29, 0.717) is 5.41 Å². The second-order valence-corrected chi connectivity index (χ2v) is 5.04. The lowest BCUT2D eigenvalue weighted by atomic mass is 9.84. The first kappa shape index (κ1) is 14.0. The van der Waals surface area contributed by atoms with E-state index < -0.39 is 0 Å². The molecule has 1 radical (unpaired) electrons. The van der Waals surface area contributed by atoms with Crippen LogP contribution in [-0.4, -0.2) is 0 Å². The van der Waals surface area contributed by atoms with Gasteiger partial charge in [0.1, 0.15) is 0 Å². The Morgan fingerprint density at radius 1 is 0.857 bits per heavy atom. The van der Waals surface area contributed by atoms with Crippen LogP contribution in [-0.2, 0) is 0 Å². The van der Waals surface area contributed by atoms with Gasteiger partial charge in [-0.3, -0.25) is 0 Å². The predicted octanol–water partition coefficient (Wildman–Crippen LogP) is 5.38. The third-order valence-electron chi connectivity index (χ3n) is 3.24. The fraction of sp³-hybridized carbons (Fsp3) is 0.929. The van der Waals surface area contributed by atoms with Crippen molar-refractivity contribution in [1.82, 2.24) is 0 Å². The quantitative estimate of drug-likeness (QED) is 0.435. The Morgan fingerprint density at radius 2 is 1.36 bits per heavy atom. The predicted molar refractivity (Wildman–Crippen MR) is 66.4 cm³/mol. The van der Waals surface area contributed by atoms with Gasteiger partial charge in [0, 0.05) is 0 Å². The van der Waals surface area contributed by atoms with Crippen LogP contribution in [0.25, 0.3) is 0 Å². The third kappa shape index (κ3) is 8.59. The molecule has 0 saturated carbocycles. The molecule has 0 heteroatoms. The Hall–Kier alpha value is 0. The van der Waals surface area contributed by atoms with Crippen molar-refractivity contribution in [3.63, 3.8) is 0 Å². The summed E-state index contributed by atoms with van der Waals surface area (Å²) in [6, 6.07) is 0. The van der Waals surface area contributed by atoms with Crippen LogP contribution < -0.4 is 0 Å². The Morgan fingerprint density at radius 3 is 1.86 bits per heavy atom. The smallest absolute Gasteiger partial charge is 0.0328 e. The summed E-state index contributed by atoms with van der Waals surface area (Å²) in [5, 5.41) is 0. The number of unbranched alkanes of at least 4 members (excludes halogenated alkanes) is 6. The fourth-order valence-corrected chi connectivity index (χ4v) is 1.69. The summed E-state index contributed by atoms with van der Waals surface area (Å²) in [5.41, 5.74) is 0.337. The van der Waals surface area contributed by atoms with Gasteiger partial charge in [0.15, 0.2) is 0 Å². The molecule has 0 bridgehead atoms. The molecule has 0 aliphatic rings. The second kappa shape index (κ2) is 8.32. The van der Waals surface area contributed by atoms with Gasteiger partial charge in [0.25, 0.3) is 0 Å². The van der Waals surface area contributed by atoms with Gasteiger partial charge in [-0.25, -0.2) is 0 Å². The summed E-state index contributed by atoms with van der Waals surface area (Å²) in [6.45, 7) is 11.0. The molecule has 0 amide bonds. The molecule has 1 unspecified atom stereocenters. The highest BCUT2D eigenvalue weighted by atomic mass is 14.2. The van der Waals surface area contributed by atoms with Gasteiger partial charge in [0.05, 0.1) is 0 Å². The van der Waals surface area contributed by atoms with Crippen molar-refractivity contribution < 1.29 is 0 Å². The molecule has 0 N–H and O–H groups in total. The lowest BCUT2D eigenvalue weighted by Crippen LogP contribution is -2.09. The highest BCUT2D eigenvalue weighted by Gasteiger charge is 2.13. The largest absolute Gasteiger partial charge is 0.0654 e.